The van der Waals surface area contributed by atoms with E-state index in [0.717, 1.165) is 37.0 Å². The molecule has 0 unspecified atom stereocenters. The minimum Gasteiger partial charge on any atom is -0.315 e. The number of thioether (sulfide) groups is 1. The van der Waals surface area contributed by atoms with Crippen LogP contribution in [-0.2, 0) is 20.0 Å². The average Bonchev–Trinajstić information content (AvgIpc) is 3.04. The molecule has 7 nitrogen and oxygen atoms in total. The summed E-state index contributed by atoms with van der Waals surface area (Å²) in [7, 11) is 1.93. The minimum absolute atomic E-state index is 0.659. The molecule has 0 bridgehead atoms. The lowest BCUT2D eigenvalue weighted by atomic mass is 10.2. The Labute approximate surface area is 129 Å². The average molecular weight is 309 g/mol. The number of rotatable bonds is 9. The van der Waals surface area contributed by atoms with Gasteiger partial charge in [-0.05, 0) is 34.9 Å². The molecule has 21 heavy (non-hydrogen) atoms. The zero-order chi connectivity index (χ0) is 15.1. The van der Waals surface area contributed by atoms with E-state index in [2.05, 4.69) is 39.8 Å². The SMILES string of the molecule is CC(C)CNCCn1nnnc1SCCc1cnn(C)c1. The highest BCUT2D eigenvalue weighted by molar-refractivity contribution is 7.99. The molecular formula is C13H23N7S. The molecule has 0 aromatic carbocycles. The number of hydrogen-bond donors (Lipinski definition) is 1. The molecule has 2 aromatic rings. The molecule has 2 heterocycles. The number of aromatic nitrogens is 6. The highest BCUT2D eigenvalue weighted by atomic mass is 32.2. The van der Waals surface area contributed by atoms with E-state index in [9.17, 15) is 0 Å². The summed E-state index contributed by atoms with van der Waals surface area (Å²) < 4.78 is 3.69. The van der Waals surface area contributed by atoms with Gasteiger partial charge in [-0.25, -0.2) is 4.68 Å². The molecule has 0 aliphatic heterocycles. The van der Waals surface area contributed by atoms with Crippen molar-refractivity contribution < 1.29 is 0 Å². The third-order valence-corrected chi connectivity index (χ3v) is 3.89. The molecule has 0 radical (unpaired) electrons. The second kappa shape index (κ2) is 8.14. The number of nitrogens with zero attached hydrogens (tertiary/aromatic N) is 6. The van der Waals surface area contributed by atoms with Crippen LogP contribution in [0.15, 0.2) is 17.6 Å². The molecule has 1 N–H and O–H groups in total. The molecule has 8 heteroatoms. The summed E-state index contributed by atoms with van der Waals surface area (Å²) in [5.74, 6) is 1.61. The number of nitrogens with one attached hydrogen (secondary N) is 1. The van der Waals surface area contributed by atoms with Crippen molar-refractivity contribution in [2.45, 2.75) is 32.0 Å². The molecule has 2 aromatic heterocycles. The molecule has 0 saturated heterocycles. The van der Waals surface area contributed by atoms with Gasteiger partial charge in [0.1, 0.15) is 0 Å². The monoisotopic (exact) mass is 309 g/mol. The van der Waals surface area contributed by atoms with Crippen LogP contribution < -0.4 is 5.32 Å². The Morgan fingerprint density at radius 2 is 2.24 bits per heavy atom. The summed E-state index contributed by atoms with van der Waals surface area (Å²) in [6.07, 6.45) is 4.91. The Hall–Kier alpha value is -1.41. The summed E-state index contributed by atoms with van der Waals surface area (Å²) in [6, 6.07) is 0. The van der Waals surface area contributed by atoms with Crippen LogP contribution in [0.25, 0.3) is 0 Å². The van der Waals surface area contributed by atoms with Crippen LogP contribution in [0, 0.1) is 5.92 Å². The van der Waals surface area contributed by atoms with Crippen molar-refractivity contribution in [3.63, 3.8) is 0 Å². The topological polar surface area (TPSA) is 73.5 Å². The zero-order valence-corrected chi connectivity index (χ0v) is 13.7. The van der Waals surface area contributed by atoms with Gasteiger partial charge in [0, 0.05) is 25.5 Å². The Kier molecular flexibility index (Phi) is 6.19. The van der Waals surface area contributed by atoms with E-state index in [1.165, 1.54) is 5.56 Å². The summed E-state index contributed by atoms with van der Waals surface area (Å²) in [5, 5.41) is 20.3. The van der Waals surface area contributed by atoms with Crippen molar-refractivity contribution in [2.24, 2.45) is 13.0 Å². The summed E-state index contributed by atoms with van der Waals surface area (Å²) >= 11 is 1.68. The van der Waals surface area contributed by atoms with E-state index < -0.39 is 0 Å². The van der Waals surface area contributed by atoms with E-state index in [0.29, 0.717) is 5.92 Å². The van der Waals surface area contributed by atoms with Crippen molar-refractivity contribution in [2.75, 3.05) is 18.8 Å². The fourth-order valence-electron chi connectivity index (χ4n) is 1.88. The lowest BCUT2D eigenvalue weighted by molar-refractivity contribution is 0.482. The molecule has 0 spiro atoms. The maximum absolute atomic E-state index is 4.17. The van der Waals surface area contributed by atoms with Crippen LogP contribution >= 0.6 is 11.8 Å². The first kappa shape index (κ1) is 16.0. The van der Waals surface area contributed by atoms with Crippen LogP contribution in [0.4, 0.5) is 0 Å². The summed E-state index contributed by atoms with van der Waals surface area (Å²) in [5.41, 5.74) is 1.24. The number of hydrogen-bond acceptors (Lipinski definition) is 6. The lowest BCUT2D eigenvalue weighted by Gasteiger charge is -2.07. The van der Waals surface area contributed by atoms with Gasteiger partial charge in [0.15, 0.2) is 0 Å². The van der Waals surface area contributed by atoms with Gasteiger partial charge in [-0.3, -0.25) is 4.68 Å². The fourth-order valence-corrected chi connectivity index (χ4v) is 2.77. The third-order valence-electron chi connectivity index (χ3n) is 2.93. The van der Waals surface area contributed by atoms with E-state index in [1.807, 2.05) is 28.8 Å². The van der Waals surface area contributed by atoms with Crippen molar-refractivity contribution >= 4 is 11.8 Å². The molecule has 116 valence electrons. The van der Waals surface area contributed by atoms with Gasteiger partial charge in [-0.2, -0.15) is 5.10 Å². The van der Waals surface area contributed by atoms with Gasteiger partial charge < -0.3 is 5.32 Å². The summed E-state index contributed by atoms with van der Waals surface area (Å²) in [4.78, 5) is 0. The maximum atomic E-state index is 4.17. The largest absolute Gasteiger partial charge is 0.315 e. The van der Waals surface area contributed by atoms with Crippen LogP contribution in [0.2, 0.25) is 0 Å². The van der Waals surface area contributed by atoms with Crippen LogP contribution in [0.3, 0.4) is 0 Å². The molecule has 2 rings (SSSR count). The summed E-state index contributed by atoms with van der Waals surface area (Å²) in [6.45, 7) is 7.10. The van der Waals surface area contributed by atoms with Gasteiger partial charge in [-0.1, -0.05) is 25.6 Å². The third kappa shape index (κ3) is 5.47. The van der Waals surface area contributed by atoms with Gasteiger partial charge >= 0.3 is 0 Å². The molecule has 0 amide bonds. The predicted molar refractivity (Wildman–Crippen MR) is 83.2 cm³/mol. The van der Waals surface area contributed by atoms with Crippen molar-refractivity contribution in [3.05, 3.63) is 18.0 Å². The Morgan fingerprint density at radius 3 is 2.95 bits per heavy atom. The van der Waals surface area contributed by atoms with E-state index in [1.54, 1.807) is 11.8 Å². The van der Waals surface area contributed by atoms with E-state index in [-0.39, 0.29) is 0 Å². The molecule has 0 saturated carbocycles. The van der Waals surface area contributed by atoms with Crippen molar-refractivity contribution in [3.8, 4) is 0 Å². The maximum Gasteiger partial charge on any atom is 0.209 e. The molecule has 0 atom stereocenters. The minimum atomic E-state index is 0.659. The first-order valence-corrected chi connectivity index (χ1v) is 8.21. The lowest BCUT2D eigenvalue weighted by Crippen LogP contribution is -2.24. The van der Waals surface area contributed by atoms with Gasteiger partial charge in [0.05, 0.1) is 12.7 Å². The van der Waals surface area contributed by atoms with Gasteiger partial charge in [-0.15, -0.1) is 5.10 Å². The van der Waals surface area contributed by atoms with Crippen molar-refractivity contribution in [1.82, 2.24) is 35.3 Å². The molecular weight excluding hydrogens is 286 g/mol. The van der Waals surface area contributed by atoms with Crippen LogP contribution in [0.5, 0.6) is 0 Å². The van der Waals surface area contributed by atoms with E-state index in [4.69, 9.17) is 0 Å². The quantitative estimate of drug-likeness (QED) is 0.550. The first-order chi connectivity index (χ1) is 10.1. The zero-order valence-electron chi connectivity index (χ0n) is 12.9. The van der Waals surface area contributed by atoms with Gasteiger partial charge in [0.25, 0.3) is 0 Å². The normalized spacial score (nSPS) is 11.4. The van der Waals surface area contributed by atoms with Crippen molar-refractivity contribution in [1.29, 1.82) is 0 Å². The molecule has 0 aliphatic carbocycles. The Bertz CT molecular complexity index is 534. The standard InChI is InChI=1S/C13H23N7S/c1-11(2)8-14-5-6-20-13(16-17-18-20)21-7-4-12-9-15-19(3)10-12/h9-11,14H,4-8H2,1-3H3. The van der Waals surface area contributed by atoms with Crippen LogP contribution in [-0.4, -0.2) is 48.8 Å². The second-order valence-corrected chi connectivity index (χ2v) is 6.47. The first-order valence-electron chi connectivity index (χ1n) is 7.22. The van der Waals surface area contributed by atoms with E-state index >= 15 is 0 Å². The highest BCUT2D eigenvalue weighted by Crippen LogP contribution is 2.15. The fraction of sp³-hybridized carbons (Fsp3) is 0.692. The number of aryl methyl sites for hydroxylation is 2. The number of tetrazole rings is 1. The Balaban J connectivity index is 1.72. The molecule has 0 aliphatic rings. The smallest absolute Gasteiger partial charge is 0.209 e. The second-order valence-electron chi connectivity index (χ2n) is 5.40. The van der Waals surface area contributed by atoms with Crippen LogP contribution in [0.1, 0.15) is 19.4 Å². The van der Waals surface area contributed by atoms with Gasteiger partial charge in [0.2, 0.25) is 5.16 Å². The molecule has 0 fully saturated rings. The Morgan fingerprint density at radius 1 is 1.38 bits per heavy atom. The highest BCUT2D eigenvalue weighted by Gasteiger charge is 2.07. The predicted octanol–water partition coefficient (Wildman–Crippen LogP) is 0.987.